The van der Waals surface area contributed by atoms with E-state index < -0.39 is 0 Å². The van der Waals surface area contributed by atoms with E-state index in [1.165, 1.54) is 5.56 Å². The highest BCUT2D eigenvalue weighted by atomic mass is 32.1. The van der Waals surface area contributed by atoms with Crippen LogP contribution in [0.4, 0.5) is 5.13 Å². The molecule has 2 aromatic heterocycles. The van der Waals surface area contributed by atoms with Crippen molar-refractivity contribution in [2.45, 2.75) is 46.8 Å². The Morgan fingerprint density at radius 3 is 2.66 bits per heavy atom. The summed E-state index contributed by atoms with van der Waals surface area (Å²) in [4.78, 5) is 24.3. The summed E-state index contributed by atoms with van der Waals surface area (Å²) in [5.74, 6) is 0.703. The summed E-state index contributed by atoms with van der Waals surface area (Å²) in [6, 6.07) is 11.6. The lowest BCUT2D eigenvalue weighted by atomic mass is 10.1. The molecule has 166 valence electrons. The Hall–Kier alpha value is -3.19. The lowest BCUT2D eigenvalue weighted by molar-refractivity contribution is 0.0986. The first-order chi connectivity index (χ1) is 15.4. The molecular weight excluding hydrogens is 420 g/mol. The van der Waals surface area contributed by atoms with E-state index in [1.807, 2.05) is 48.9 Å². The standard InChI is InChI=1S/C25H28N4O2S/c1-17(2)31-21-8-6-20(7-9-21)24(30)29(12-5-11-28-13-10-26-16-28)25-27-23-19(4)14-18(3)15-22(23)32-25/h6-10,13-17H,5,11-12H2,1-4H3. The number of carbonyl (C=O) groups excluding carboxylic acids is 1. The van der Waals surface area contributed by atoms with E-state index >= 15 is 0 Å². The van der Waals surface area contributed by atoms with Gasteiger partial charge in [0.1, 0.15) is 5.75 Å². The normalized spacial score (nSPS) is 11.3. The van der Waals surface area contributed by atoms with Crippen molar-refractivity contribution in [3.8, 4) is 5.75 Å². The minimum Gasteiger partial charge on any atom is -0.491 e. The predicted octanol–water partition coefficient (Wildman–Crippen LogP) is 5.63. The molecule has 0 saturated carbocycles. The zero-order valence-electron chi connectivity index (χ0n) is 18.9. The van der Waals surface area contributed by atoms with Crippen molar-refractivity contribution < 1.29 is 9.53 Å². The summed E-state index contributed by atoms with van der Waals surface area (Å²) in [5, 5.41) is 0.729. The van der Waals surface area contributed by atoms with Gasteiger partial charge in [-0.15, -0.1) is 0 Å². The van der Waals surface area contributed by atoms with Crippen molar-refractivity contribution in [1.29, 1.82) is 0 Å². The van der Waals surface area contributed by atoms with E-state index in [4.69, 9.17) is 9.72 Å². The summed E-state index contributed by atoms with van der Waals surface area (Å²) >= 11 is 1.57. The second-order valence-electron chi connectivity index (χ2n) is 8.23. The van der Waals surface area contributed by atoms with E-state index in [-0.39, 0.29) is 12.0 Å². The third kappa shape index (κ3) is 4.99. The van der Waals surface area contributed by atoms with Crippen LogP contribution in [0, 0.1) is 13.8 Å². The van der Waals surface area contributed by atoms with Crippen molar-refractivity contribution >= 4 is 32.6 Å². The monoisotopic (exact) mass is 448 g/mol. The number of aromatic nitrogens is 3. The number of fused-ring (bicyclic) bond motifs is 1. The van der Waals surface area contributed by atoms with Crippen molar-refractivity contribution in [3.63, 3.8) is 0 Å². The summed E-state index contributed by atoms with van der Waals surface area (Å²) in [5.41, 5.74) is 3.91. The van der Waals surface area contributed by atoms with Crippen LogP contribution in [0.15, 0.2) is 55.1 Å². The maximum Gasteiger partial charge on any atom is 0.260 e. The molecule has 0 aliphatic rings. The van der Waals surface area contributed by atoms with E-state index in [0.717, 1.165) is 39.6 Å². The number of imidazole rings is 1. The molecule has 0 N–H and O–H groups in total. The number of hydrogen-bond acceptors (Lipinski definition) is 5. The Bertz CT molecular complexity index is 1200. The second kappa shape index (κ2) is 9.53. The number of carbonyl (C=O) groups is 1. The van der Waals surface area contributed by atoms with Crippen LogP contribution in [0.3, 0.4) is 0 Å². The maximum absolute atomic E-state index is 13.5. The van der Waals surface area contributed by atoms with Gasteiger partial charge in [0.05, 0.1) is 22.6 Å². The molecule has 0 saturated heterocycles. The van der Waals surface area contributed by atoms with E-state index in [9.17, 15) is 4.79 Å². The van der Waals surface area contributed by atoms with Gasteiger partial charge in [-0.1, -0.05) is 17.4 Å². The van der Waals surface area contributed by atoms with Gasteiger partial charge in [-0.05, 0) is 75.6 Å². The smallest absolute Gasteiger partial charge is 0.260 e. The van der Waals surface area contributed by atoms with Crippen LogP contribution in [0.1, 0.15) is 41.8 Å². The van der Waals surface area contributed by atoms with E-state index in [1.54, 1.807) is 28.8 Å². The van der Waals surface area contributed by atoms with E-state index in [0.29, 0.717) is 12.1 Å². The molecule has 0 aliphatic heterocycles. The minimum absolute atomic E-state index is 0.0554. The van der Waals surface area contributed by atoms with Crippen molar-refractivity contribution in [2.75, 3.05) is 11.4 Å². The van der Waals surface area contributed by atoms with Crippen LogP contribution in [0.25, 0.3) is 10.2 Å². The molecule has 0 spiro atoms. The number of amides is 1. The number of aryl methyl sites for hydroxylation is 3. The van der Waals surface area contributed by atoms with Crippen LogP contribution < -0.4 is 9.64 Å². The van der Waals surface area contributed by atoms with Gasteiger partial charge in [-0.2, -0.15) is 0 Å². The van der Waals surface area contributed by atoms with Crippen LogP contribution in [-0.4, -0.2) is 33.1 Å². The first-order valence-electron chi connectivity index (χ1n) is 10.8. The first kappa shape index (κ1) is 22.0. The topological polar surface area (TPSA) is 60.2 Å². The van der Waals surface area contributed by atoms with Gasteiger partial charge in [-0.25, -0.2) is 9.97 Å². The van der Waals surface area contributed by atoms with Gasteiger partial charge in [0.15, 0.2) is 5.13 Å². The number of rotatable bonds is 8. The quantitative estimate of drug-likeness (QED) is 0.350. The van der Waals surface area contributed by atoms with Gasteiger partial charge >= 0.3 is 0 Å². The number of thiazole rings is 1. The molecule has 0 atom stereocenters. The molecule has 32 heavy (non-hydrogen) atoms. The van der Waals surface area contributed by atoms with Crippen LogP contribution in [-0.2, 0) is 6.54 Å². The molecule has 4 aromatic rings. The Kier molecular flexibility index (Phi) is 6.55. The molecular formula is C25H28N4O2S. The molecule has 4 rings (SSSR count). The molecule has 2 heterocycles. The molecule has 0 fully saturated rings. The van der Waals surface area contributed by atoms with Crippen LogP contribution >= 0.6 is 11.3 Å². The summed E-state index contributed by atoms with van der Waals surface area (Å²) in [6.45, 7) is 9.47. The summed E-state index contributed by atoms with van der Waals surface area (Å²) < 4.78 is 8.84. The van der Waals surface area contributed by atoms with Gasteiger partial charge in [0.25, 0.3) is 5.91 Å². The SMILES string of the molecule is Cc1cc(C)c2nc(N(CCCn3ccnc3)C(=O)c3ccc(OC(C)C)cc3)sc2c1. The highest BCUT2D eigenvalue weighted by Gasteiger charge is 2.22. The molecule has 0 bridgehead atoms. The van der Waals surface area contributed by atoms with Gasteiger partial charge in [0.2, 0.25) is 0 Å². The lowest BCUT2D eigenvalue weighted by Gasteiger charge is -2.20. The number of anilines is 1. The molecule has 0 aliphatic carbocycles. The summed E-state index contributed by atoms with van der Waals surface area (Å²) in [6.07, 6.45) is 6.38. The molecule has 2 aromatic carbocycles. The summed E-state index contributed by atoms with van der Waals surface area (Å²) in [7, 11) is 0. The number of hydrogen-bond donors (Lipinski definition) is 0. The third-order valence-corrected chi connectivity index (χ3v) is 6.15. The molecule has 0 radical (unpaired) electrons. The van der Waals surface area contributed by atoms with Gasteiger partial charge in [0, 0.05) is 31.0 Å². The Morgan fingerprint density at radius 1 is 1.19 bits per heavy atom. The lowest BCUT2D eigenvalue weighted by Crippen LogP contribution is -2.32. The Labute approximate surface area is 192 Å². The molecule has 7 heteroatoms. The number of ether oxygens (including phenoxy) is 1. The van der Waals surface area contributed by atoms with E-state index in [2.05, 4.69) is 31.0 Å². The highest BCUT2D eigenvalue weighted by Crippen LogP contribution is 2.32. The van der Waals surface area contributed by atoms with Crippen LogP contribution in [0.5, 0.6) is 5.75 Å². The van der Waals surface area contributed by atoms with Crippen molar-refractivity contribution in [2.24, 2.45) is 0 Å². The largest absolute Gasteiger partial charge is 0.491 e. The zero-order valence-corrected chi connectivity index (χ0v) is 19.7. The van der Waals surface area contributed by atoms with Crippen molar-refractivity contribution in [1.82, 2.24) is 14.5 Å². The predicted molar refractivity (Wildman–Crippen MR) is 130 cm³/mol. The number of benzene rings is 2. The van der Waals surface area contributed by atoms with Gasteiger partial charge < -0.3 is 9.30 Å². The molecule has 1 amide bonds. The second-order valence-corrected chi connectivity index (χ2v) is 9.24. The number of nitrogens with zero attached hydrogens (tertiary/aromatic N) is 4. The van der Waals surface area contributed by atoms with Crippen LogP contribution in [0.2, 0.25) is 0 Å². The molecule has 6 nitrogen and oxygen atoms in total. The van der Waals surface area contributed by atoms with Crippen molar-refractivity contribution in [3.05, 3.63) is 71.8 Å². The Morgan fingerprint density at radius 2 is 1.97 bits per heavy atom. The zero-order chi connectivity index (χ0) is 22.7. The average molecular weight is 449 g/mol. The maximum atomic E-state index is 13.5. The third-order valence-electron chi connectivity index (χ3n) is 5.12. The fourth-order valence-electron chi connectivity index (χ4n) is 3.69. The fourth-order valence-corrected chi connectivity index (χ4v) is 4.86. The van der Waals surface area contributed by atoms with Gasteiger partial charge in [-0.3, -0.25) is 9.69 Å². The first-order valence-corrected chi connectivity index (χ1v) is 11.6. The average Bonchev–Trinajstić information content (AvgIpc) is 3.41. The highest BCUT2D eigenvalue weighted by molar-refractivity contribution is 7.22. The molecule has 0 unspecified atom stereocenters. The Balaban J connectivity index is 1.62. The minimum atomic E-state index is -0.0554. The fraction of sp³-hybridized carbons (Fsp3) is 0.320.